The fourth-order valence-electron chi connectivity index (χ4n) is 3.38. The minimum Gasteiger partial charge on any atom is -0.458 e. The minimum absolute atomic E-state index is 0.274. The fraction of sp³-hybridized carbons (Fsp3) is 0.318. The molecule has 0 spiro atoms. The standard InChI is InChI=1S/C22H23NO3/c1-2-15-23-16-9-14-20(17-23)26-21(24)22(25,18-10-5-3-6-11-18)19-12-7-4-8-13-19/h1,3-8,10-13,20,25H,9,14-17H2. The lowest BCUT2D eigenvalue weighted by Crippen LogP contribution is -2.45. The van der Waals surface area contributed by atoms with Crippen LogP contribution >= 0.6 is 0 Å². The highest BCUT2D eigenvalue weighted by molar-refractivity contribution is 5.85. The third-order valence-corrected chi connectivity index (χ3v) is 4.73. The molecule has 26 heavy (non-hydrogen) atoms. The third kappa shape index (κ3) is 3.80. The van der Waals surface area contributed by atoms with E-state index >= 15 is 0 Å². The number of rotatable bonds is 5. The minimum atomic E-state index is -1.84. The highest BCUT2D eigenvalue weighted by atomic mass is 16.6. The van der Waals surface area contributed by atoms with Gasteiger partial charge in [0.2, 0.25) is 5.60 Å². The van der Waals surface area contributed by atoms with Crippen LogP contribution in [0.15, 0.2) is 60.7 Å². The van der Waals surface area contributed by atoms with E-state index in [0.717, 1.165) is 19.4 Å². The summed E-state index contributed by atoms with van der Waals surface area (Å²) in [5.41, 5.74) is -0.850. The number of ether oxygens (including phenoxy) is 1. The van der Waals surface area contributed by atoms with Crippen molar-refractivity contribution in [1.82, 2.24) is 4.90 Å². The molecule has 1 fully saturated rings. The number of hydrogen-bond acceptors (Lipinski definition) is 4. The van der Waals surface area contributed by atoms with Gasteiger partial charge in [-0.15, -0.1) is 6.42 Å². The van der Waals surface area contributed by atoms with Gasteiger partial charge in [0, 0.05) is 6.54 Å². The first-order chi connectivity index (χ1) is 12.6. The Morgan fingerprint density at radius 1 is 1.15 bits per heavy atom. The number of esters is 1. The van der Waals surface area contributed by atoms with Crippen LogP contribution in [0.3, 0.4) is 0 Å². The smallest absolute Gasteiger partial charge is 0.348 e. The van der Waals surface area contributed by atoms with Gasteiger partial charge in [-0.05, 0) is 30.5 Å². The van der Waals surface area contributed by atoms with Crippen LogP contribution in [0.4, 0.5) is 0 Å². The van der Waals surface area contributed by atoms with E-state index in [0.29, 0.717) is 24.2 Å². The Kier molecular flexibility index (Phi) is 5.72. The molecule has 4 heteroatoms. The molecule has 134 valence electrons. The van der Waals surface area contributed by atoms with Crippen molar-refractivity contribution < 1.29 is 14.6 Å². The molecule has 1 aliphatic rings. The summed E-state index contributed by atoms with van der Waals surface area (Å²) in [5, 5.41) is 11.4. The number of terminal acetylenes is 1. The Balaban J connectivity index is 1.86. The van der Waals surface area contributed by atoms with Gasteiger partial charge in [0.1, 0.15) is 6.10 Å². The zero-order valence-corrected chi connectivity index (χ0v) is 14.7. The molecule has 1 atom stereocenters. The zero-order chi connectivity index (χ0) is 18.4. The number of carbonyl (C=O) groups excluding carboxylic acids is 1. The first kappa shape index (κ1) is 18.2. The Morgan fingerprint density at radius 2 is 1.73 bits per heavy atom. The Morgan fingerprint density at radius 3 is 2.27 bits per heavy atom. The molecule has 1 heterocycles. The zero-order valence-electron chi connectivity index (χ0n) is 14.7. The summed E-state index contributed by atoms with van der Waals surface area (Å²) in [5.74, 6) is 1.98. The number of nitrogens with zero attached hydrogens (tertiary/aromatic N) is 1. The molecule has 3 rings (SSSR count). The second-order valence-electron chi connectivity index (χ2n) is 6.55. The summed E-state index contributed by atoms with van der Waals surface area (Å²) in [4.78, 5) is 15.2. The van der Waals surface area contributed by atoms with Gasteiger partial charge >= 0.3 is 5.97 Å². The Bertz CT molecular complexity index is 727. The van der Waals surface area contributed by atoms with E-state index in [-0.39, 0.29) is 6.10 Å². The van der Waals surface area contributed by atoms with Crippen LogP contribution in [0, 0.1) is 12.3 Å². The van der Waals surface area contributed by atoms with Crippen LogP contribution in [0.5, 0.6) is 0 Å². The number of hydrogen-bond donors (Lipinski definition) is 1. The Hall–Kier alpha value is -2.61. The van der Waals surface area contributed by atoms with Crippen LogP contribution in [-0.4, -0.2) is 41.7 Å². The first-order valence-corrected chi connectivity index (χ1v) is 8.85. The van der Waals surface area contributed by atoms with E-state index in [1.807, 2.05) is 12.1 Å². The molecule has 2 aromatic rings. The van der Waals surface area contributed by atoms with Gasteiger partial charge in [0.15, 0.2) is 0 Å². The number of carbonyl (C=O) groups is 1. The Labute approximate surface area is 154 Å². The average molecular weight is 349 g/mol. The third-order valence-electron chi connectivity index (χ3n) is 4.73. The fourth-order valence-corrected chi connectivity index (χ4v) is 3.38. The van der Waals surface area contributed by atoms with Gasteiger partial charge < -0.3 is 9.84 Å². The van der Waals surface area contributed by atoms with Crippen LogP contribution in [0.1, 0.15) is 24.0 Å². The molecular formula is C22H23NO3. The number of aliphatic hydroxyl groups is 1. The molecule has 1 unspecified atom stereocenters. The molecule has 1 saturated heterocycles. The summed E-state index contributed by atoms with van der Waals surface area (Å²) < 4.78 is 5.74. The van der Waals surface area contributed by atoms with Crippen LogP contribution in [0.2, 0.25) is 0 Å². The van der Waals surface area contributed by atoms with E-state index in [4.69, 9.17) is 11.2 Å². The van der Waals surface area contributed by atoms with Gasteiger partial charge in [-0.25, -0.2) is 4.79 Å². The lowest BCUT2D eigenvalue weighted by molar-refractivity contribution is -0.170. The van der Waals surface area contributed by atoms with Gasteiger partial charge in [-0.3, -0.25) is 4.90 Å². The summed E-state index contributed by atoms with van der Waals surface area (Å²) in [6.45, 7) is 2.03. The molecule has 0 bridgehead atoms. The quantitative estimate of drug-likeness (QED) is 0.666. The van der Waals surface area contributed by atoms with Crippen LogP contribution < -0.4 is 0 Å². The van der Waals surface area contributed by atoms with Crippen LogP contribution in [-0.2, 0) is 15.1 Å². The largest absolute Gasteiger partial charge is 0.458 e. The van der Waals surface area contributed by atoms with E-state index in [9.17, 15) is 9.90 Å². The number of piperidine rings is 1. The van der Waals surface area contributed by atoms with Crippen molar-refractivity contribution in [3.8, 4) is 12.3 Å². The second kappa shape index (κ2) is 8.18. The maximum Gasteiger partial charge on any atom is 0.348 e. The second-order valence-corrected chi connectivity index (χ2v) is 6.55. The van der Waals surface area contributed by atoms with Crippen molar-refractivity contribution in [2.75, 3.05) is 19.6 Å². The molecule has 0 aliphatic carbocycles. The van der Waals surface area contributed by atoms with Crippen molar-refractivity contribution in [1.29, 1.82) is 0 Å². The SMILES string of the molecule is C#CCN1CCCC(OC(=O)C(O)(c2ccccc2)c2ccccc2)C1. The van der Waals surface area contributed by atoms with Crippen molar-refractivity contribution in [3.63, 3.8) is 0 Å². The molecule has 0 aromatic heterocycles. The van der Waals surface area contributed by atoms with Crippen molar-refractivity contribution in [2.24, 2.45) is 0 Å². The maximum absolute atomic E-state index is 13.1. The molecule has 0 amide bonds. The monoisotopic (exact) mass is 349 g/mol. The summed E-state index contributed by atoms with van der Waals surface area (Å²) >= 11 is 0. The lowest BCUT2D eigenvalue weighted by Gasteiger charge is -2.34. The van der Waals surface area contributed by atoms with E-state index < -0.39 is 11.6 Å². The topological polar surface area (TPSA) is 49.8 Å². The van der Waals surface area contributed by atoms with Crippen molar-refractivity contribution in [3.05, 3.63) is 71.8 Å². The van der Waals surface area contributed by atoms with Crippen molar-refractivity contribution in [2.45, 2.75) is 24.5 Å². The number of likely N-dealkylation sites (tertiary alicyclic amines) is 1. The predicted molar refractivity (Wildman–Crippen MR) is 100 cm³/mol. The number of benzene rings is 2. The van der Waals surface area contributed by atoms with E-state index in [2.05, 4.69) is 10.8 Å². The molecule has 1 aliphatic heterocycles. The maximum atomic E-state index is 13.1. The molecule has 2 aromatic carbocycles. The van der Waals surface area contributed by atoms with E-state index in [1.54, 1.807) is 48.5 Å². The molecular weight excluding hydrogens is 326 g/mol. The normalized spacial score (nSPS) is 18.1. The summed E-state index contributed by atoms with van der Waals surface area (Å²) in [7, 11) is 0. The van der Waals surface area contributed by atoms with Gasteiger partial charge in [-0.2, -0.15) is 0 Å². The molecule has 0 saturated carbocycles. The summed E-state index contributed by atoms with van der Waals surface area (Å²) in [6, 6.07) is 17.8. The highest BCUT2D eigenvalue weighted by Gasteiger charge is 2.43. The molecule has 4 nitrogen and oxygen atoms in total. The van der Waals surface area contributed by atoms with Gasteiger partial charge in [0.25, 0.3) is 0 Å². The van der Waals surface area contributed by atoms with Crippen molar-refractivity contribution >= 4 is 5.97 Å². The molecule has 0 radical (unpaired) electrons. The average Bonchev–Trinajstić information content (AvgIpc) is 2.69. The lowest BCUT2D eigenvalue weighted by atomic mass is 9.86. The molecule has 1 N–H and O–H groups in total. The predicted octanol–water partition coefficient (Wildman–Crippen LogP) is 2.56. The first-order valence-electron chi connectivity index (χ1n) is 8.85. The highest BCUT2D eigenvalue weighted by Crippen LogP contribution is 2.32. The van der Waals surface area contributed by atoms with Gasteiger partial charge in [0.05, 0.1) is 6.54 Å². The van der Waals surface area contributed by atoms with E-state index in [1.165, 1.54) is 0 Å². The van der Waals surface area contributed by atoms with Crippen LogP contribution in [0.25, 0.3) is 0 Å². The summed E-state index contributed by atoms with van der Waals surface area (Å²) in [6.07, 6.45) is 6.80. The van der Waals surface area contributed by atoms with Gasteiger partial charge in [-0.1, -0.05) is 66.6 Å².